The van der Waals surface area contributed by atoms with Gasteiger partial charge in [0.25, 0.3) is 0 Å². The average molecular weight is 231 g/mol. The first-order valence-electron chi connectivity index (χ1n) is 6.74. The van der Waals surface area contributed by atoms with Crippen LogP contribution in [0.4, 0.5) is 5.82 Å². The maximum atomic E-state index is 4.39. The van der Waals surface area contributed by atoms with Crippen LogP contribution in [0.25, 0.3) is 0 Å². The second kappa shape index (κ2) is 4.65. The van der Waals surface area contributed by atoms with Crippen molar-refractivity contribution in [3.63, 3.8) is 0 Å². The van der Waals surface area contributed by atoms with Crippen LogP contribution in [-0.4, -0.2) is 35.1 Å². The molecule has 2 unspecified atom stereocenters. The molecule has 2 aliphatic heterocycles. The molecule has 92 valence electrons. The summed E-state index contributed by atoms with van der Waals surface area (Å²) >= 11 is 0. The highest BCUT2D eigenvalue weighted by Gasteiger charge is 2.31. The lowest BCUT2D eigenvalue weighted by molar-refractivity contribution is 0.188. The molecule has 3 rings (SSSR count). The molecule has 3 nitrogen and oxygen atoms in total. The molecule has 1 aromatic rings. The Morgan fingerprint density at radius 2 is 2.29 bits per heavy atom. The van der Waals surface area contributed by atoms with E-state index in [4.69, 9.17) is 0 Å². The molecule has 0 radical (unpaired) electrons. The molecular formula is C14H21N3. The van der Waals surface area contributed by atoms with Gasteiger partial charge in [-0.05, 0) is 56.8 Å². The smallest absolute Gasteiger partial charge is 0.126 e. The van der Waals surface area contributed by atoms with E-state index in [1.807, 2.05) is 12.3 Å². The molecule has 1 N–H and O–H groups in total. The quantitative estimate of drug-likeness (QED) is 0.847. The van der Waals surface area contributed by atoms with Crippen molar-refractivity contribution < 1.29 is 0 Å². The van der Waals surface area contributed by atoms with Crippen LogP contribution in [0.2, 0.25) is 0 Å². The minimum Gasteiger partial charge on any atom is -0.367 e. The summed E-state index contributed by atoms with van der Waals surface area (Å²) in [7, 11) is 0. The number of rotatable bonds is 2. The van der Waals surface area contributed by atoms with Gasteiger partial charge in [0.2, 0.25) is 0 Å². The van der Waals surface area contributed by atoms with Gasteiger partial charge in [-0.15, -0.1) is 0 Å². The van der Waals surface area contributed by atoms with Gasteiger partial charge in [-0.2, -0.15) is 0 Å². The van der Waals surface area contributed by atoms with Crippen LogP contribution in [-0.2, 0) is 0 Å². The summed E-state index contributed by atoms with van der Waals surface area (Å²) in [6, 6.07) is 5.63. The van der Waals surface area contributed by atoms with E-state index in [1.54, 1.807) is 0 Å². The zero-order valence-corrected chi connectivity index (χ0v) is 10.5. The molecule has 0 bridgehead atoms. The first-order valence-corrected chi connectivity index (χ1v) is 6.74. The average Bonchev–Trinajstić information content (AvgIpc) is 2.76. The number of anilines is 1. The van der Waals surface area contributed by atoms with Gasteiger partial charge in [-0.25, -0.2) is 4.98 Å². The molecular weight excluding hydrogens is 210 g/mol. The van der Waals surface area contributed by atoms with Gasteiger partial charge < -0.3 is 10.2 Å². The van der Waals surface area contributed by atoms with Crippen molar-refractivity contribution >= 4 is 5.82 Å². The fraction of sp³-hybridized carbons (Fsp3) is 0.643. The molecule has 0 amide bonds. The first-order chi connectivity index (χ1) is 8.31. The Kier molecular flexibility index (Phi) is 3.02. The molecule has 0 saturated carbocycles. The third-order valence-electron chi connectivity index (χ3n) is 4.09. The Balaban J connectivity index is 1.62. The molecule has 0 spiro atoms. The highest BCUT2D eigenvalue weighted by Crippen LogP contribution is 2.28. The Morgan fingerprint density at radius 3 is 3.18 bits per heavy atom. The summed E-state index contributed by atoms with van der Waals surface area (Å²) in [6.07, 6.45) is 7.21. The van der Waals surface area contributed by atoms with Crippen molar-refractivity contribution in [3.8, 4) is 0 Å². The van der Waals surface area contributed by atoms with Gasteiger partial charge in [-0.1, -0.05) is 0 Å². The third-order valence-corrected chi connectivity index (χ3v) is 4.09. The van der Waals surface area contributed by atoms with Crippen LogP contribution in [0.1, 0.15) is 31.2 Å². The van der Waals surface area contributed by atoms with E-state index < -0.39 is 0 Å². The van der Waals surface area contributed by atoms with E-state index in [0.29, 0.717) is 6.04 Å². The SMILES string of the molecule is Cc1ccnc(NC2CCN3CCCC3C2)c1. The lowest BCUT2D eigenvalue weighted by Gasteiger charge is -2.35. The highest BCUT2D eigenvalue weighted by atomic mass is 15.2. The predicted molar refractivity (Wildman–Crippen MR) is 70.2 cm³/mol. The molecule has 0 aliphatic carbocycles. The van der Waals surface area contributed by atoms with Crippen molar-refractivity contribution in [2.45, 2.75) is 44.7 Å². The van der Waals surface area contributed by atoms with Crippen molar-refractivity contribution in [2.75, 3.05) is 18.4 Å². The summed E-state index contributed by atoms with van der Waals surface area (Å²) in [5.41, 5.74) is 1.28. The molecule has 17 heavy (non-hydrogen) atoms. The number of aromatic nitrogens is 1. The summed E-state index contributed by atoms with van der Waals surface area (Å²) in [4.78, 5) is 7.05. The topological polar surface area (TPSA) is 28.2 Å². The van der Waals surface area contributed by atoms with Crippen molar-refractivity contribution in [2.24, 2.45) is 0 Å². The number of nitrogens with one attached hydrogen (secondary N) is 1. The van der Waals surface area contributed by atoms with Crippen molar-refractivity contribution in [3.05, 3.63) is 23.9 Å². The van der Waals surface area contributed by atoms with Crippen molar-refractivity contribution in [1.29, 1.82) is 0 Å². The van der Waals surface area contributed by atoms with E-state index in [9.17, 15) is 0 Å². The summed E-state index contributed by atoms with van der Waals surface area (Å²) < 4.78 is 0. The van der Waals surface area contributed by atoms with Crippen LogP contribution < -0.4 is 5.32 Å². The Morgan fingerprint density at radius 1 is 1.35 bits per heavy atom. The lowest BCUT2D eigenvalue weighted by Crippen LogP contribution is -2.42. The van der Waals surface area contributed by atoms with Gasteiger partial charge in [0.15, 0.2) is 0 Å². The highest BCUT2D eigenvalue weighted by molar-refractivity contribution is 5.38. The van der Waals surface area contributed by atoms with Crippen LogP contribution in [0, 0.1) is 6.92 Å². The predicted octanol–water partition coefficient (Wildman–Crippen LogP) is 2.43. The van der Waals surface area contributed by atoms with E-state index in [0.717, 1.165) is 11.9 Å². The molecule has 3 heteroatoms. The number of pyridine rings is 1. The van der Waals surface area contributed by atoms with Crippen LogP contribution >= 0.6 is 0 Å². The summed E-state index contributed by atoms with van der Waals surface area (Å²) in [5, 5.41) is 3.60. The molecule has 2 aliphatic rings. The number of aryl methyl sites for hydroxylation is 1. The van der Waals surface area contributed by atoms with E-state index in [2.05, 4.69) is 28.2 Å². The molecule has 2 atom stereocenters. The van der Waals surface area contributed by atoms with E-state index in [1.165, 1.54) is 44.3 Å². The van der Waals surface area contributed by atoms with E-state index >= 15 is 0 Å². The van der Waals surface area contributed by atoms with Crippen LogP contribution in [0.5, 0.6) is 0 Å². The number of fused-ring (bicyclic) bond motifs is 1. The molecule has 3 heterocycles. The third kappa shape index (κ3) is 2.44. The largest absolute Gasteiger partial charge is 0.367 e. The van der Waals surface area contributed by atoms with Crippen LogP contribution in [0.3, 0.4) is 0 Å². The maximum absolute atomic E-state index is 4.39. The fourth-order valence-corrected chi connectivity index (χ4v) is 3.18. The minimum absolute atomic E-state index is 0.614. The van der Waals surface area contributed by atoms with Crippen LogP contribution in [0.15, 0.2) is 18.3 Å². The van der Waals surface area contributed by atoms with Gasteiger partial charge in [0, 0.05) is 24.8 Å². The first kappa shape index (κ1) is 11.0. The van der Waals surface area contributed by atoms with E-state index in [-0.39, 0.29) is 0 Å². The molecule has 2 fully saturated rings. The van der Waals surface area contributed by atoms with Gasteiger partial charge in [0.1, 0.15) is 5.82 Å². The molecule has 0 aromatic carbocycles. The minimum atomic E-state index is 0.614. The van der Waals surface area contributed by atoms with Gasteiger partial charge in [0.05, 0.1) is 0 Å². The Labute approximate surface area is 103 Å². The standard InChI is InChI=1S/C14H21N3/c1-11-4-6-15-14(9-11)16-12-5-8-17-7-2-3-13(17)10-12/h4,6,9,12-13H,2-3,5,7-8,10H2,1H3,(H,15,16). The number of nitrogens with zero attached hydrogens (tertiary/aromatic N) is 2. The van der Waals surface area contributed by atoms with Gasteiger partial charge in [-0.3, -0.25) is 0 Å². The lowest BCUT2D eigenvalue weighted by atomic mass is 9.97. The van der Waals surface area contributed by atoms with Crippen molar-refractivity contribution in [1.82, 2.24) is 9.88 Å². The zero-order chi connectivity index (χ0) is 11.7. The number of hydrogen-bond acceptors (Lipinski definition) is 3. The second-order valence-corrected chi connectivity index (χ2v) is 5.42. The second-order valence-electron chi connectivity index (χ2n) is 5.42. The molecule has 2 saturated heterocycles. The van der Waals surface area contributed by atoms with Gasteiger partial charge >= 0.3 is 0 Å². The number of hydrogen-bond donors (Lipinski definition) is 1. The Bertz CT molecular complexity index is 391. The molecule has 1 aromatic heterocycles. The summed E-state index contributed by atoms with van der Waals surface area (Å²) in [6.45, 7) is 4.70. The fourth-order valence-electron chi connectivity index (χ4n) is 3.18. The summed E-state index contributed by atoms with van der Waals surface area (Å²) in [5.74, 6) is 1.04. The maximum Gasteiger partial charge on any atom is 0.126 e. The number of piperidine rings is 1. The normalized spacial score (nSPS) is 29.0. The Hall–Kier alpha value is -1.09. The monoisotopic (exact) mass is 231 g/mol. The zero-order valence-electron chi connectivity index (χ0n) is 10.5.